The van der Waals surface area contributed by atoms with E-state index in [-0.39, 0.29) is 17.5 Å². The quantitative estimate of drug-likeness (QED) is 0.0863. The molecule has 342 valence electrons. The fourth-order valence-electron chi connectivity index (χ4n) is 7.58. The van der Waals surface area contributed by atoms with E-state index >= 15 is 0 Å². The summed E-state index contributed by atoms with van der Waals surface area (Å²) in [4.78, 5) is 22.9. The van der Waals surface area contributed by atoms with Crippen LogP contribution in [0.1, 0.15) is 54.1 Å². The molecule has 10 heteroatoms. The first kappa shape index (κ1) is 49.6. The van der Waals surface area contributed by atoms with Gasteiger partial charge in [-0.2, -0.15) is 0 Å². The van der Waals surface area contributed by atoms with Gasteiger partial charge in [0.2, 0.25) is 0 Å². The number of fused-ring (bicyclic) bond motifs is 1. The van der Waals surface area contributed by atoms with Crippen molar-refractivity contribution in [2.75, 3.05) is 54.5 Å². The van der Waals surface area contributed by atoms with Crippen LogP contribution in [-0.2, 0) is 19.5 Å². The SMILES string of the molecule is C=Cc1c(C)cc(C(=O)O)c([O-])c1Cc1c([O-])c(C(=O)O)cc2ccccc12.C[N+](C)(CCOc1ccccc1)Cc1ccccc1.C[N+](C)(CCOc1ccccc1)Cc1ccccc1. The molecule has 0 saturated heterocycles. The highest BCUT2D eigenvalue weighted by atomic mass is 16.5. The lowest BCUT2D eigenvalue weighted by molar-refractivity contribution is -0.903. The lowest BCUT2D eigenvalue weighted by Crippen LogP contribution is -2.41. The molecule has 0 aliphatic rings. The van der Waals surface area contributed by atoms with E-state index in [1.165, 1.54) is 29.3 Å². The highest BCUT2D eigenvalue weighted by Crippen LogP contribution is 2.36. The molecule has 0 amide bonds. The molecular formula is C56H60N2O8. The molecule has 0 aliphatic heterocycles. The van der Waals surface area contributed by atoms with Crippen LogP contribution in [0, 0.1) is 6.92 Å². The van der Waals surface area contributed by atoms with Crippen LogP contribution in [0.2, 0.25) is 0 Å². The molecule has 0 saturated carbocycles. The van der Waals surface area contributed by atoms with Crippen LogP contribution < -0.4 is 19.7 Å². The van der Waals surface area contributed by atoms with Gasteiger partial charge in [-0.05, 0) is 82.8 Å². The Hall–Kier alpha value is -7.40. The number of benzene rings is 7. The molecule has 0 aromatic heterocycles. The van der Waals surface area contributed by atoms with Gasteiger partial charge in [-0.15, -0.1) is 0 Å². The number of rotatable bonds is 17. The van der Waals surface area contributed by atoms with E-state index in [1.807, 2.05) is 60.7 Å². The zero-order valence-corrected chi connectivity index (χ0v) is 38.5. The second-order valence-electron chi connectivity index (χ2n) is 17.3. The summed E-state index contributed by atoms with van der Waals surface area (Å²) in [5.41, 5.74) is 3.17. The number of aromatic carboxylic acids is 2. The van der Waals surface area contributed by atoms with Crippen LogP contribution in [-0.4, -0.2) is 85.6 Å². The zero-order chi connectivity index (χ0) is 47.7. The topological polar surface area (TPSA) is 139 Å². The third-order valence-corrected chi connectivity index (χ3v) is 11.1. The number of para-hydroxylation sites is 2. The Morgan fingerprint density at radius 1 is 0.576 bits per heavy atom. The van der Waals surface area contributed by atoms with Gasteiger partial charge in [0.05, 0.1) is 39.3 Å². The molecule has 0 unspecified atom stereocenters. The van der Waals surface area contributed by atoms with Crippen LogP contribution >= 0.6 is 0 Å². The molecular weight excluding hydrogens is 829 g/mol. The number of hydrogen-bond donors (Lipinski definition) is 2. The third-order valence-electron chi connectivity index (χ3n) is 11.1. The number of carboxylic acids is 2. The number of nitrogens with zero attached hydrogens (tertiary/aromatic N) is 2. The summed E-state index contributed by atoms with van der Waals surface area (Å²) in [5, 5.41) is 45.4. The zero-order valence-electron chi connectivity index (χ0n) is 38.5. The summed E-state index contributed by atoms with van der Waals surface area (Å²) in [6.45, 7) is 10.8. The smallest absolute Gasteiger partial charge is 0.335 e. The Morgan fingerprint density at radius 2 is 0.970 bits per heavy atom. The van der Waals surface area contributed by atoms with Crippen molar-refractivity contribution in [2.24, 2.45) is 0 Å². The summed E-state index contributed by atoms with van der Waals surface area (Å²) < 4.78 is 13.4. The first-order chi connectivity index (χ1) is 31.6. The maximum absolute atomic E-state index is 12.8. The standard InChI is InChI=1S/C22H18O6.2C17H22NO/c1-3-13-11(2)8-17(21(25)26)19(23)15(13)10-16-14-7-5-4-6-12(14)9-18(20(16)24)22(27)28;2*1-18(2,15-16-9-5-3-6-10-16)13-14-19-17-11-7-4-8-12-17/h3-9,23-24H,1,10H2,2H3,(H,25,26)(H,27,28);2*3-12H,13-15H2,1-2H3/q;2*+1/p-2. The van der Waals surface area contributed by atoms with E-state index in [4.69, 9.17) is 9.47 Å². The van der Waals surface area contributed by atoms with Gasteiger partial charge in [0.15, 0.2) is 0 Å². The van der Waals surface area contributed by atoms with E-state index in [1.54, 1.807) is 31.2 Å². The summed E-state index contributed by atoms with van der Waals surface area (Å²) in [6, 6.07) is 50.5. The van der Waals surface area contributed by atoms with E-state index in [0.29, 0.717) is 21.9 Å². The maximum atomic E-state index is 12.8. The van der Waals surface area contributed by atoms with Gasteiger partial charge in [0, 0.05) is 11.1 Å². The van der Waals surface area contributed by atoms with E-state index in [9.17, 15) is 30.0 Å². The monoisotopic (exact) mass is 888 g/mol. The number of aryl methyl sites for hydroxylation is 1. The molecule has 66 heavy (non-hydrogen) atoms. The number of hydrogen-bond acceptors (Lipinski definition) is 6. The van der Waals surface area contributed by atoms with Crippen molar-refractivity contribution in [1.29, 1.82) is 0 Å². The Balaban J connectivity index is 0.000000191. The summed E-state index contributed by atoms with van der Waals surface area (Å²) in [6.07, 6.45) is 1.24. The molecule has 0 radical (unpaired) electrons. The molecule has 10 nitrogen and oxygen atoms in total. The van der Waals surface area contributed by atoms with Gasteiger partial charge in [0.1, 0.15) is 50.9 Å². The van der Waals surface area contributed by atoms with Gasteiger partial charge in [-0.1, -0.05) is 145 Å². The summed E-state index contributed by atoms with van der Waals surface area (Å²) in [7, 11) is 8.95. The third kappa shape index (κ3) is 14.6. The molecule has 0 spiro atoms. The molecule has 2 N–H and O–H groups in total. The van der Waals surface area contributed by atoms with Crippen LogP contribution in [0.25, 0.3) is 16.8 Å². The fourth-order valence-corrected chi connectivity index (χ4v) is 7.58. The van der Waals surface area contributed by atoms with Crippen LogP contribution in [0.5, 0.6) is 23.0 Å². The molecule has 0 fully saturated rings. The predicted molar refractivity (Wildman–Crippen MR) is 259 cm³/mol. The Bertz CT molecular complexity index is 2570. The molecule has 0 bridgehead atoms. The van der Waals surface area contributed by atoms with Crippen molar-refractivity contribution < 1.29 is 48.5 Å². The average Bonchev–Trinajstić information content (AvgIpc) is 3.29. The Morgan fingerprint density at radius 3 is 1.41 bits per heavy atom. The Labute approximate surface area is 388 Å². The van der Waals surface area contributed by atoms with Gasteiger partial charge < -0.3 is 38.9 Å². The number of carboxylic acid groups (broad SMARTS) is 2. The van der Waals surface area contributed by atoms with Crippen LogP contribution in [0.4, 0.5) is 0 Å². The van der Waals surface area contributed by atoms with Crippen molar-refractivity contribution >= 4 is 28.8 Å². The molecule has 0 heterocycles. The maximum Gasteiger partial charge on any atom is 0.335 e. The van der Waals surface area contributed by atoms with Crippen LogP contribution in [0.3, 0.4) is 0 Å². The molecule has 7 aromatic carbocycles. The van der Waals surface area contributed by atoms with E-state index in [2.05, 4.69) is 95.4 Å². The highest BCUT2D eigenvalue weighted by molar-refractivity contribution is 6.00. The summed E-state index contributed by atoms with van der Waals surface area (Å²) >= 11 is 0. The first-order valence-electron chi connectivity index (χ1n) is 21.8. The van der Waals surface area contributed by atoms with E-state index < -0.39 is 34.6 Å². The van der Waals surface area contributed by atoms with Crippen molar-refractivity contribution in [1.82, 2.24) is 0 Å². The van der Waals surface area contributed by atoms with Crippen LogP contribution in [0.15, 0.2) is 164 Å². The number of quaternary nitrogens is 2. The highest BCUT2D eigenvalue weighted by Gasteiger charge is 2.19. The minimum atomic E-state index is -1.36. The minimum absolute atomic E-state index is 0.109. The number of carbonyl (C=O) groups is 2. The van der Waals surface area contributed by atoms with Gasteiger partial charge in [-0.3, -0.25) is 0 Å². The minimum Gasteiger partial charge on any atom is -0.872 e. The number of likely N-dealkylation sites (N-methyl/N-ethyl adjacent to an activating group) is 2. The second-order valence-corrected chi connectivity index (χ2v) is 17.3. The van der Waals surface area contributed by atoms with Crippen molar-refractivity contribution in [2.45, 2.75) is 26.4 Å². The summed E-state index contributed by atoms with van der Waals surface area (Å²) in [5.74, 6) is -2.24. The van der Waals surface area contributed by atoms with Crippen molar-refractivity contribution in [3.63, 3.8) is 0 Å². The average molecular weight is 889 g/mol. The van der Waals surface area contributed by atoms with Gasteiger partial charge in [-0.25, -0.2) is 9.59 Å². The van der Waals surface area contributed by atoms with Crippen molar-refractivity contribution in [3.05, 3.63) is 209 Å². The molecule has 7 aromatic rings. The first-order valence-corrected chi connectivity index (χ1v) is 21.8. The van der Waals surface area contributed by atoms with Gasteiger partial charge >= 0.3 is 11.9 Å². The number of ether oxygens (including phenoxy) is 2. The molecule has 0 aliphatic carbocycles. The molecule has 0 atom stereocenters. The second kappa shape index (κ2) is 23.5. The lowest BCUT2D eigenvalue weighted by Gasteiger charge is -2.29. The molecule has 7 rings (SSSR count). The normalized spacial score (nSPS) is 11.0. The van der Waals surface area contributed by atoms with Crippen molar-refractivity contribution in [3.8, 4) is 23.0 Å². The van der Waals surface area contributed by atoms with Gasteiger partial charge in [0.25, 0.3) is 0 Å². The Kier molecular flexibility index (Phi) is 17.7. The largest absolute Gasteiger partial charge is 0.872 e. The lowest BCUT2D eigenvalue weighted by atomic mass is 9.89. The van der Waals surface area contributed by atoms with E-state index in [0.717, 1.165) is 59.9 Å². The fraction of sp³-hybridized carbons (Fsp3) is 0.214. The predicted octanol–water partition coefficient (Wildman–Crippen LogP) is 9.61.